The van der Waals surface area contributed by atoms with Crippen molar-refractivity contribution in [2.75, 3.05) is 5.83 Å². The zero-order chi connectivity index (χ0) is 19.9. The molecule has 0 radical (unpaired) electrons. The fourth-order valence-electron chi connectivity index (χ4n) is 1.59. The number of rotatable bonds is 1. The van der Waals surface area contributed by atoms with E-state index in [1.54, 1.807) is 0 Å². The highest BCUT2D eigenvalue weighted by molar-refractivity contribution is 6.19. The second kappa shape index (κ2) is 3.39. The zero-order valence-corrected chi connectivity index (χ0v) is 8.13. The van der Waals surface area contributed by atoms with Crippen LogP contribution >= 0.6 is 11.6 Å². The van der Waals surface area contributed by atoms with Crippen LogP contribution in [0, 0.1) is 0 Å². The van der Waals surface area contributed by atoms with Crippen LogP contribution in [0.25, 0.3) is 11.1 Å². The minimum absolute atomic E-state index is 0.322. The number of alkyl halides is 1. The molecule has 0 atom stereocenters. The summed E-state index contributed by atoms with van der Waals surface area (Å²) in [6.07, 6.45) is 0. The van der Waals surface area contributed by atoms with E-state index in [-0.39, 0.29) is 11.1 Å². The largest absolute Gasteiger partial charge is 0.126 e. The molecule has 2 aromatic rings. The van der Waals surface area contributed by atoms with Crippen molar-refractivity contribution in [2.45, 2.75) is 5.89 Å². The Morgan fingerprint density at radius 1 is 1.07 bits per heavy atom. The molecule has 0 amide bonds. The van der Waals surface area contributed by atoms with Crippen molar-refractivity contribution in [3.05, 3.63) is 59.5 Å². The monoisotopic (exact) mass is 225 g/mol. The Kier molecular flexibility index (Phi) is 0.704. The van der Waals surface area contributed by atoms with Crippen molar-refractivity contribution in [2.24, 2.45) is 0 Å². The Bertz CT molecular complexity index is 907. The van der Waals surface area contributed by atoms with E-state index in [4.69, 9.17) is 26.7 Å². The van der Waals surface area contributed by atoms with Crippen molar-refractivity contribution in [1.82, 2.24) is 0 Å². The molecule has 0 saturated carbocycles. The van der Waals surface area contributed by atoms with Crippen LogP contribution in [0.4, 0.5) is 0 Å². The molecule has 2 aromatic carbocycles. The van der Waals surface area contributed by atoms with E-state index in [9.17, 15) is 0 Å². The van der Waals surface area contributed by atoms with Crippen LogP contribution in [0.5, 0.6) is 0 Å². The molecule has 0 nitrogen and oxygen atoms in total. The number of benzene rings is 2. The van der Waals surface area contributed by atoms with Gasteiger partial charge >= 0.3 is 0 Å². The molecule has 1 aliphatic rings. The second-order valence-electron chi connectivity index (χ2n) is 2.97. The van der Waals surface area contributed by atoms with E-state index in [0.717, 1.165) is 0 Å². The minimum Gasteiger partial charge on any atom is -0.126 e. The summed E-state index contributed by atoms with van der Waals surface area (Å²) < 4.78 is 88.3. The SMILES string of the molecule is [2H]c1c([2H])c([2H])c2c(c1[2H])-c1c([2H])c([2H])c([2H])c([2H])c1C2([2H])C([2H])([2H])Cl. The van der Waals surface area contributed by atoms with Crippen molar-refractivity contribution in [3.63, 3.8) is 0 Å². The molecule has 0 aliphatic heterocycles. The van der Waals surface area contributed by atoms with Crippen LogP contribution in [0.15, 0.2) is 48.3 Å². The zero-order valence-electron chi connectivity index (χ0n) is 18.4. The molecule has 1 heteroatoms. The van der Waals surface area contributed by atoms with Crippen LogP contribution in [-0.4, -0.2) is 5.83 Å². The first-order chi connectivity index (χ1) is 11.8. The number of fused-ring (bicyclic) bond motifs is 3. The molecule has 1 aliphatic carbocycles. The van der Waals surface area contributed by atoms with Gasteiger partial charge in [-0.1, -0.05) is 48.3 Å². The Hall–Kier alpha value is -1.27. The Labute approximate surface area is 110 Å². The topological polar surface area (TPSA) is 0 Å². The lowest BCUT2D eigenvalue weighted by molar-refractivity contribution is 0.966. The molecule has 0 bridgehead atoms. The summed E-state index contributed by atoms with van der Waals surface area (Å²) in [6.45, 7) is 0. The third-order valence-corrected chi connectivity index (χ3v) is 2.41. The summed E-state index contributed by atoms with van der Waals surface area (Å²) >= 11 is 5.81. The van der Waals surface area contributed by atoms with E-state index < -0.39 is 71.2 Å². The van der Waals surface area contributed by atoms with Gasteiger partial charge in [0.15, 0.2) is 0 Å². The highest BCUT2D eigenvalue weighted by Gasteiger charge is 2.26. The third-order valence-electron chi connectivity index (χ3n) is 2.22. The van der Waals surface area contributed by atoms with Gasteiger partial charge in [0.25, 0.3) is 0 Å². The van der Waals surface area contributed by atoms with Crippen LogP contribution in [-0.2, 0) is 0 Å². The molecule has 0 N–H and O–H groups in total. The predicted molar refractivity (Wildman–Crippen MR) is 64.4 cm³/mol. The van der Waals surface area contributed by atoms with Crippen LogP contribution in [0.3, 0.4) is 0 Å². The first kappa shape index (κ1) is 3.11. The van der Waals surface area contributed by atoms with Gasteiger partial charge in [-0.3, -0.25) is 0 Å². The number of hydrogen-bond acceptors (Lipinski definition) is 0. The maximum absolute atomic E-state index is 8.70. The quantitative estimate of drug-likeness (QED) is 0.643. The molecule has 0 spiro atoms. The summed E-state index contributed by atoms with van der Waals surface area (Å²) in [5.74, 6) is -5.56. The smallest absolute Gasteiger partial charge is 0.0629 e. The number of hydrogen-bond donors (Lipinski definition) is 0. The molecule has 15 heavy (non-hydrogen) atoms. The number of halogens is 1. The highest BCUT2D eigenvalue weighted by Crippen LogP contribution is 2.44. The van der Waals surface area contributed by atoms with Gasteiger partial charge in [0.05, 0.1) is 11.0 Å². The normalized spacial score (nSPS) is 27.1. The van der Waals surface area contributed by atoms with Crippen LogP contribution in [0.1, 0.15) is 32.1 Å². The summed E-state index contributed by atoms with van der Waals surface area (Å²) in [5, 5.41) is 0. The first-order valence-electron chi connectivity index (χ1n) is 9.69. The predicted octanol–water partition coefficient (Wildman–Crippen LogP) is 4.04. The first-order valence-corrected chi connectivity index (χ1v) is 4.57. The molecule has 74 valence electrons. The van der Waals surface area contributed by atoms with Gasteiger partial charge in [-0.2, -0.15) is 0 Å². The van der Waals surface area contributed by atoms with Gasteiger partial charge in [-0.05, 0) is 22.3 Å². The summed E-state index contributed by atoms with van der Waals surface area (Å²) in [7, 11) is 0. The maximum atomic E-state index is 8.70. The lowest BCUT2D eigenvalue weighted by Gasteiger charge is -2.08. The Morgan fingerprint density at radius 2 is 1.53 bits per heavy atom. The molecule has 0 aromatic heterocycles. The molecule has 0 saturated heterocycles. The molecule has 0 heterocycles. The third kappa shape index (κ3) is 1.22. The van der Waals surface area contributed by atoms with Crippen molar-refractivity contribution < 1.29 is 15.1 Å². The fourth-order valence-corrected chi connectivity index (χ4v) is 1.78. The maximum Gasteiger partial charge on any atom is 0.0629 e. The Balaban J connectivity index is 2.71. The van der Waals surface area contributed by atoms with Crippen molar-refractivity contribution in [3.8, 4) is 11.1 Å². The lowest BCUT2D eigenvalue weighted by atomic mass is 9.99. The van der Waals surface area contributed by atoms with E-state index in [0.29, 0.717) is 0 Å². The van der Waals surface area contributed by atoms with Gasteiger partial charge in [0, 0.05) is 15.8 Å². The minimum atomic E-state index is -2.91. The molecule has 0 unspecified atom stereocenters. The van der Waals surface area contributed by atoms with Gasteiger partial charge in [-0.25, -0.2) is 0 Å². The second-order valence-corrected chi connectivity index (χ2v) is 3.16. The molecular weight excluding hydrogens is 204 g/mol. The van der Waals surface area contributed by atoms with E-state index in [1.807, 2.05) is 0 Å². The summed E-state index contributed by atoms with van der Waals surface area (Å²) in [4.78, 5) is 0. The van der Waals surface area contributed by atoms with Gasteiger partial charge in [-0.15, -0.1) is 11.6 Å². The summed E-state index contributed by atoms with van der Waals surface area (Å²) in [6, 6.07) is -5.31. The average Bonchev–Trinajstić information content (AvgIpc) is 2.85. The standard InChI is InChI=1S/C14H11Cl/c15-9-14-12-7-3-1-5-10(12)11-6-2-4-8-13(11)14/h1-8,14H,9H2/i1D,2D,3D,4D,5D,6D,7D,8D,9D2,14D. The van der Waals surface area contributed by atoms with Crippen molar-refractivity contribution >= 4 is 11.6 Å². The fraction of sp³-hybridized carbons (Fsp3) is 0.143. The lowest BCUT2D eigenvalue weighted by Crippen LogP contribution is -1.96. The van der Waals surface area contributed by atoms with Gasteiger partial charge < -0.3 is 0 Å². The highest BCUT2D eigenvalue weighted by atomic mass is 35.5. The van der Waals surface area contributed by atoms with Crippen molar-refractivity contribution in [1.29, 1.82) is 0 Å². The van der Waals surface area contributed by atoms with E-state index in [1.165, 1.54) is 0 Å². The molecule has 3 rings (SSSR count). The molecule has 0 fully saturated rings. The molecular formula is C14H11Cl. The van der Waals surface area contributed by atoms with Gasteiger partial charge in [0.1, 0.15) is 0 Å². The van der Waals surface area contributed by atoms with E-state index in [2.05, 4.69) is 0 Å². The van der Waals surface area contributed by atoms with Crippen LogP contribution < -0.4 is 0 Å². The van der Waals surface area contributed by atoms with Gasteiger partial charge in [0.2, 0.25) is 0 Å². The van der Waals surface area contributed by atoms with Crippen LogP contribution in [0.2, 0.25) is 0 Å². The average molecular weight is 226 g/mol. The summed E-state index contributed by atoms with van der Waals surface area (Å²) in [5.41, 5.74) is -1.63. The Morgan fingerprint density at radius 3 is 2.00 bits per heavy atom. The van der Waals surface area contributed by atoms with E-state index >= 15 is 0 Å².